The monoisotopic (exact) mass is 317 g/mol. The van der Waals surface area contributed by atoms with Crippen molar-refractivity contribution in [2.45, 2.75) is 25.8 Å². The zero-order valence-corrected chi connectivity index (χ0v) is 13.4. The Kier molecular flexibility index (Phi) is 5.23. The smallest absolute Gasteiger partial charge is 0.165 e. The van der Waals surface area contributed by atoms with E-state index in [2.05, 4.69) is 16.0 Å². The number of nitriles is 1. The van der Waals surface area contributed by atoms with Crippen molar-refractivity contribution in [2.75, 3.05) is 7.11 Å². The number of aryl methyl sites for hydroxylation is 1. The molecule has 4 nitrogen and oxygen atoms in total. The molecule has 2 atom stereocenters. The number of nitrogens with zero attached hydrogens (tertiary/aromatic N) is 3. The van der Waals surface area contributed by atoms with E-state index < -0.39 is 11.7 Å². The Balaban J connectivity index is 2.14. The van der Waals surface area contributed by atoms with Gasteiger partial charge in [-0.05, 0) is 31.5 Å². The Labute approximate surface area is 132 Å². The predicted molar refractivity (Wildman–Crippen MR) is 85.1 cm³/mol. The standard InChI is InChI=1S/C16H16FN3OS/c1-10-9-22-16(20-10)13(7-18)8-19-11(2)12-4-5-15(21-3)14(17)6-12/h4-6,8-9,11,13H,1-3H3/t11-,13-/m1/s1. The van der Waals surface area contributed by atoms with Crippen LogP contribution in [-0.4, -0.2) is 18.3 Å². The molecule has 1 aromatic heterocycles. The van der Waals surface area contributed by atoms with Crippen molar-refractivity contribution in [3.05, 3.63) is 45.7 Å². The summed E-state index contributed by atoms with van der Waals surface area (Å²) in [6, 6.07) is 6.65. The SMILES string of the molecule is COc1ccc([C@@H](C)N=C[C@@H](C#N)c2nc(C)cs2)cc1F. The molecule has 1 heterocycles. The zero-order chi connectivity index (χ0) is 16.1. The van der Waals surface area contributed by atoms with E-state index in [9.17, 15) is 9.65 Å². The summed E-state index contributed by atoms with van der Waals surface area (Å²) in [5, 5.41) is 11.9. The highest BCUT2D eigenvalue weighted by atomic mass is 32.1. The maximum absolute atomic E-state index is 13.7. The minimum Gasteiger partial charge on any atom is -0.494 e. The number of hydrogen-bond acceptors (Lipinski definition) is 5. The number of hydrogen-bond donors (Lipinski definition) is 0. The van der Waals surface area contributed by atoms with Crippen molar-refractivity contribution in [2.24, 2.45) is 4.99 Å². The van der Waals surface area contributed by atoms with Crippen molar-refractivity contribution in [1.29, 1.82) is 5.26 Å². The molecule has 0 N–H and O–H groups in total. The fourth-order valence-electron chi connectivity index (χ4n) is 1.91. The van der Waals surface area contributed by atoms with Gasteiger partial charge in [0.25, 0.3) is 0 Å². The number of benzene rings is 1. The van der Waals surface area contributed by atoms with Gasteiger partial charge in [0.15, 0.2) is 11.6 Å². The first-order valence-corrected chi connectivity index (χ1v) is 7.61. The lowest BCUT2D eigenvalue weighted by molar-refractivity contribution is 0.386. The molecular weight excluding hydrogens is 301 g/mol. The second-order valence-electron chi connectivity index (χ2n) is 4.80. The second kappa shape index (κ2) is 7.14. The Bertz CT molecular complexity index is 720. The molecule has 0 aliphatic carbocycles. The second-order valence-corrected chi connectivity index (χ2v) is 5.69. The molecule has 22 heavy (non-hydrogen) atoms. The maximum Gasteiger partial charge on any atom is 0.165 e. The lowest BCUT2D eigenvalue weighted by Gasteiger charge is -2.09. The van der Waals surface area contributed by atoms with Gasteiger partial charge in [-0.25, -0.2) is 9.37 Å². The van der Waals surface area contributed by atoms with E-state index in [0.717, 1.165) is 16.3 Å². The van der Waals surface area contributed by atoms with Crippen LogP contribution >= 0.6 is 11.3 Å². The summed E-state index contributed by atoms with van der Waals surface area (Å²) >= 11 is 1.44. The molecule has 2 aromatic rings. The van der Waals surface area contributed by atoms with E-state index >= 15 is 0 Å². The lowest BCUT2D eigenvalue weighted by atomic mass is 10.1. The van der Waals surface area contributed by atoms with Crippen molar-refractivity contribution in [3.8, 4) is 11.8 Å². The Hall–Kier alpha value is -2.26. The van der Waals surface area contributed by atoms with Gasteiger partial charge in [-0.2, -0.15) is 5.26 Å². The largest absolute Gasteiger partial charge is 0.494 e. The average molecular weight is 317 g/mol. The maximum atomic E-state index is 13.7. The molecule has 0 spiro atoms. The summed E-state index contributed by atoms with van der Waals surface area (Å²) in [7, 11) is 1.42. The molecular formula is C16H16FN3OS. The first-order chi connectivity index (χ1) is 10.5. The third-order valence-electron chi connectivity index (χ3n) is 3.16. The molecule has 114 valence electrons. The van der Waals surface area contributed by atoms with Crippen LogP contribution in [0, 0.1) is 24.1 Å². The summed E-state index contributed by atoms with van der Waals surface area (Å²) < 4.78 is 18.6. The number of aliphatic imine (C=N–C) groups is 1. The Morgan fingerprint density at radius 3 is 2.82 bits per heavy atom. The highest BCUT2D eigenvalue weighted by Gasteiger charge is 2.13. The van der Waals surface area contributed by atoms with Crippen LogP contribution in [0.1, 0.15) is 35.1 Å². The van der Waals surface area contributed by atoms with Crippen LogP contribution in [0.2, 0.25) is 0 Å². The molecule has 0 radical (unpaired) electrons. The number of thiazole rings is 1. The van der Waals surface area contributed by atoms with Gasteiger partial charge in [0.2, 0.25) is 0 Å². The highest BCUT2D eigenvalue weighted by molar-refractivity contribution is 7.09. The third kappa shape index (κ3) is 3.68. The van der Waals surface area contributed by atoms with Crippen LogP contribution in [-0.2, 0) is 0 Å². The van der Waals surface area contributed by atoms with E-state index in [-0.39, 0.29) is 11.8 Å². The topological polar surface area (TPSA) is 58.3 Å². The minimum atomic E-state index is -0.482. The number of halogens is 1. The summed E-state index contributed by atoms with van der Waals surface area (Å²) in [6.45, 7) is 3.73. The van der Waals surface area contributed by atoms with Crippen molar-refractivity contribution in [3.63, 3.8) is 0 Å². The summed E-state index contributed by atoms with van der Waals surface area (Å²) in [6.07, 6.45) is 1.57. The third-order valence-corrected chi connectivity index (χ3v) is 4.20. The molecule has 0 saturated heterocycles. The predicted octanol–water partition coefficient (Wildman–Crippen LogP) is 4.04. The fourth-order valence-corrected chi connectivity index (χ4v) is 2.71. The zero-order valence-electron chi connectivity index (χ0n) is 12.6. The quantitative estimate of drug-likeness (QED) is 0.782. The molecule has 1 aromatic carbocycles. The van der Waals surface area contributed by atoms with Crippen LogP contribution in [0.5, 0.6) is 5.75 Å². The van der Waals surface area contributed by atoms with Crippen LogP contribution in [0.3, 0.4) is 0 Å². The molecule has 0 aliphatic heterocycles. The van der Waals surface area contributed by atoms with Gasteiger partial charge in [-0.1, -0.05) is 6.07 Å². The van der Waals surface area contributed by atoms with Crippen molar-refractivity contribution < 1.29 is 9.13 Å². The molecule has 2 rings (SSSR count). The van der Waals surface area contributed by atoms with Crippen molar-refractivity contribution >= 4 is 17.6 Å². The van der Waals surface area contributed by atoms with Crippen molar-refractivity contribution in [1.82, 2.24) is 4.98 Å². The van der Waals surface area contributed by atoms with Gasteiger partial charge in [0.1, 0.15) is 10.9 Å². The molecule has 0 saturated carbocycles. The van der Waals surface area contributed by atoms with Gasteiger partial charge in [-0.15, -0.1) is 11.3 Å². The van der Waals surface area contributed by atoms with E-state index in [4.69, 9.17) is 4.74 Å². The normalized spacial score (nSPS) is 13.8. The Morgan fingerprint density at radius 2 is 2.27 bits per heavy atom. The average Bonchev–Trinajstić information content (AvgIpc) is 2.94. The molecule has 0 unspecified atom stereocenters. The number of aromatic nitrogens is 1. The molecule has 0 bridgehead atoms. The summed E-state index contributed by atoms with van der Waals surface area (Å²) in [4.78, 5) is 8.66. The van der Waals surface area contributed by atoms with E-state index in [1.165, 1.54) is 24.5 Å². The molecule has 0 aliphatic rings. The van der Waals surface area contributed by atoms with E-state index in [0.29, 0.717) is 0 Å². The Morgan fingerprint density at radius 1 is 1.50 bits per heavy atom. The first-order valence-electron chi connectivity index (χ1n) is 6.73. The van der Waals surface area contributed by atoms with Gasteiger partial charge < -0.3 is 4.74 Å². The summed E-state index contributed by atoms with van der Waals surface area (Å²) in [5.41, 5.74) is 1.61. The molecule has 0 amide bonds. The fraction of sp³-hybridized carbons (Fsp3) is 0.312. The van der Waals surface area contributed by atoms with Crippen LogP contribution < -0.4 is 4.74 Å². The number of rotatable bonds is 5. The molecule has 6 heteroatoms. The number of ether oxygens (including phenoxy) is 1. The van der Waals surface area contributed by atoms with Gasteiger partial charge in [0.05, 0.1) is 19.2 Å². The number of methoxy groups -OCH3 is 1. The van der Waals surface area contributed by atoms with Gasteiger partial charge >= 0.3 is 0 Å². The van der Waals surface area contributed by atoms with Crippen LogP contribution in [0.4, 0.5) is 4.39 Å². The van der Waals surface area contributed by atoms with Gasteiger partial charge in [0, 0.05) is 17.3 Å². The highest BCUT2D eigenvalue weighted by Crippen LogP contribution is 2.24. The van der Waals surface area contributed by atoms with Crippen LogP contribution in [0.25, 0.3) is 0 Å². The lowest BCUT2D eigenvalue weighted by Crippen LogP contribution is -2.00. The first kappa shape index (κ1) is 16.1. The molecule has 0 fully saturated rings. The van der Waals surface area contributed by atoms with E-state index in [1.807, 2.05) is 19.2 Å². The minimum absolute atomic E-state index is 0.202. The van der Waals surface area contributed by atoms with Gasteiger partial charge in [-0.3, -0.25) is 4.99 Å². The van der Waals surface area contributed by atoms with E-state index in [1.54, 1.807) is 18.3 Å². The van der Waals surface area contributed by atoms with Crippen LogP contribution in [0.15, 0.2) is 28.6 Å². The summed E-state index contributed by atoms with van der Waals surface area (Å²) in [5.74, 6) is -0.702.